The quantitative estimate of drug-likeness (QED) is 0.624. The van der Waals surface area contributed by atoms with Gasteiger partial charge in [-0.05, 0) is 0 Å². The van der Waals surface area contributed by atoms with Gasteiger partial charge in [-0.15, -0.1) is 0 Å². The third kappa shape index (κ3) is 2.42. The van der Waals surface area contributed by atoms with Crippen LogP contribution in [0.5, 0.6) is 0 Å². The maximum absolute atomic E-state index is 12.4. The van der Waals surface area contributed by atoms with Gasteiger partial charge in [-0.3, -0.25) is 4.79 Å². The summed E-state index contributed by atoms with van der Waals surface area (Å²) in [6, 6.07) is -0.567. The summed E-state index contributed by atoms with van der Waals surface area (Å²) < 4.78 is 24.8. The van der Waals surface area contributed by atoms with E-state index in [-0.39, 0.29) is 12.8 Å². The van der Waals surface area contributed by atoms with E-state index >= 15 is 0 Å². The average molecular weight is 165 g/mol. The van der Waals surface area contributed by atoms with Crippen LogP contribution in [-0.2, 0) is 4.79 Å². The minimum atomic E-state index is -2.72. The van der Waals surface area contributed by atoms with Gasteiger partial charge in [-0.1, -0.05) is 0 Å². The summed E-state index contributed by atoms with van der Waals surface area (Å²) in [6.07, 6.45) is -0.588. The van der Waals surface area contributed by atoms with Crippen molar-refractivity contribution in [1.29, 1.82) is 0 Å². The van der Waals surface area contributed by atoms with E-state index in [2.05, 4.69) is 5.32 Å². The van der Waals surface area contributed by atoms with E-state index in [1.54, 1.807) is 0 Å². The van der Waals surface area contributed by atoms with Crippen molar-refractivity contribution < 1.29 is 18.7 Å². The molecule has 1 aliphatic heterocycles. The molecule has 0 aliphatic carbocycles. The Morgan fingerprint density at radius 1 is 1.73 bits per heavy atom. The number of aliphatic carboxylic acids is 1. The zero-order valence-corrected chi connectivity index (χ0v) is 5.81. The molecule has 0 bridgehead atoms. The van der Waals surface area contributed by atoms with E-state index < -0.39 is 24.5 Å². The molecule has 0 radical (unpaired) electrons. The molecule has 64 valence electrons. The van der Waals surface area contributed by atoms with Crippen LogP contribution < -0.4 is 5.32 Å². The topological polar surface area (TPSA) is 49.3 Å². The first kappa shape index (κ1) is 8.39. The first-order valence-corrected chi connectivity index (χ1v) is 3.33. The number of hydrogen-bond donors (Lipinski definition) is 2. The maximum atomic E-state index is 12.4. The molecule has 3 nitrogen and oxygen atoms in total. The molecule has 1 aliphatic rings. The van der Waals surface area contributed by atoms with E-state index in [4.69, 9.17) is 5.11 Å². The van der Waals surface area contributed by atoms with Crippen molar-refractivity contribution in [2.45, 2.75) is 24.8 Å². The number of alkyl halides is 2. The molecule has 1 saturated heterocycles. The number of halogens is 2. The van der Waals surface area contributed by atoms with Crippen molar-refractivity contribution in [3.05, 3.63) is 0 Å². The lowest BCUT2D eigenvalue weighted by atomic mass is 10.1. The van der Waals surface area contributed by atoms with E-state index in [1.807, 2.05) is 0 Å². The molecule has 0 unspecified atom stereocenters. The highest BCUT2D eigenvalue weighted by molar-refractivity contribution is 5.67. The SMILES string of the molecule is O=C(O)C[C@@H]1CC(F)(F)CN1. The lowest BCUT2D eigenvalue weighted by Crippen LogP contribution is -2.24. The van der Waals surface area contributed by atoms with Gasteiger partial charge in [-0.25, -0.2) is 8.78 Å². The molecule has 0 aromatic rings. The molecule has 2 N–H and O–H groups in total. The first-order chi connectivity index (χ1) is 4.99. The molecule has 0 aromatic carbocycles. The van der Waals surface area contributed by atoms with Crippen molar-refractivity contribution >= 4 is 5.97 Å². The van der Waals surface area contributed by atoms with Crippen LogP contribution in [0.4, 0.5) is 8.78 Å². The summed E-state index contributed by atoms with van der Waals surface area (Å²) >= 11 is 0. The zero-order chi connectivity index (χ0) is 8.48. The van der Waals surface area contributed by atoms with E-state index in [9.17, 15) is 13.6 Å². The smallest absolute Gasteiger partial charge is 0.304 e. The molecule has 0 amide bonds. The van der Waals surface area contributed by atoms with Crippen LogP contribution in [0.2, 0.25) is 0 Å². The Kier molecular flexibility index (Phi) is 2.08. The third-order valence-electron chi connectivity index (χ3n) is 1.62. The lowest BCUT2D eigenvalue weighted by Gasteiger charge is -2.05. The monoisotopic (exact) mass is 165 g/mol. The van der Waals surface area contributed by atoms with Gasteiger partial charge in [0.15, 0.2) is 0 Å². The fourth-order valence-electron chi connectivity index (χ4n) is 1.15. The molecule has 0 aromatic heterocycles. The van der Waals surface area contributed by atoms with Crippen LogP contribution >= 0.6 is 0 Å². The summed E-state index contributed by atoms with van der Waals surface area (Å²) in [7, 11) is 0. The molecule has 5 heteroatoms. The summed E-state index contributed by atoms with van der Waals surface area (Å²) in [6.45, 7) is -0.398. The summed E-state index contributed by atoms with van der Waals surface area (Å²) in [5.41, 5.74) is 0. The molecule has 1 atom stereocenters. The second kappa shape index (κ2) is 2.73. The Morgan fingerprint density at radius 2 is 2.36 bits per heavy atom. The minimum Gasteiger partial charge on any atom is -0.481 e. The Morgan fingerprint density at radius 3 is 2.73 bits per heavy atom. The molecule has 1 rings (SSSR count). The Labute approximate surface area is 62.4 Å². The maximum Gasteiger partial charge on any atom is 0.304 e. The van der Waals surface area contributed by atoms with Crippen molar-refractivity contribution in [1.82, 2.24) is 5.32 Å². The number of hydrogen-bond acceptors (Lipinski definition) is 2. The Balaban J connectivity index is 2.36. The van der Waals surface area contributed by atoms with Crippen LogP contribution in [0.1, 0.15) is 12.8 Å². The van der Waals surface area contributed by atoms with E-state index in [0.29, 0.717) is 0 Å². The fraction of sp³-hybridized carbons (Fsp3) is 0.833. The van der Waals surface area contributed by atoms with Gasteiger partial charge in [0.05, 0.1) is 13.0 Å². The lowest BCUT2D eigenvalue weighted by molar-refractivity contribution is -0.137. The Bertz CT molecular complexity index is 172. The second-order valence-electron chi connectivity index (χ2n) is 2.74. The minimum absolute atomic E-state index is 0.227. The van der Waals surface area contributed by atoms with E-state index in [1.165, 1.54) is 0 Å². The standard InChI is InChI=1S/C6H9F2NO2/c7-6(8)2-4(9-3-6)1-5(10)11/h4,9H,1-3H2,(H,10,11)/t4-/m1/s1. The Hall–Kier alpha value is -0.710. The predicted octanol–water partition coefficient (Wildman–Crippen LogP) is 0.458. The van der Waals surface area contributed by atoms with Gasteiger partial charge < -0.3 is 10.4 Å². The summed E-state index contributed by atoms with van der Waals surface area (Å²) in [5, 5.41) is 10.7. The van der Waals surface area contributed by atoms with Crippen LogP contribution in [0.3, 0.4) is 0 Å². The predicted molar refractivity (Wildman–Crippen MR) is 33.6 cm³/mol. The van der Waals surface area contributed by atoms with Gasteiger partial charge >= 0.3 is 5.97 Å². The molecule has 1 fully saturated rings. The molecular weight excluding hydrogens is 156 g/mol. The van der Waals surface area contributed by atoms with Crippen LogP contribution in [0.25, 0.3) is 0 Å². The third-order valence-corrected chi connectivity index (χ3v) is 1.62. The van der Waals surface area contributed by atoms with Crippen LogP contribution in [0, 0.1) is 0 Å². The van der Waals surface area contributed by atoms with Gasteiger partial charge in [-0.2, -0.15) is 0 Å². The highest BCUT2D eigenvalue weighted by Crippen LogP contribution is 2.26. The van der Waals surface area contributed by atoms with E-state index in [0.717, 1.165) is 0 Å². The molecule has 1 heterocycles. The number of nitrogens with one attached hydrogen (secondary N) is 1. The van der Waals surface area contributed by atoms with Gasteiger partial charge in [0.1, 0.15) is 0 Å². The molecule has 0 spiro atoms. The number of carbonyl (C=O) groups is 1. The molecular formula is C6H9F2NO2. The van der Waals surface area contributed by atoms with Gasteiger partial charge in [0, 0.05) is 12.5 Å². The second-order valence-corrected chi connectivity index (χ2v) is 2.74. The van der Waals surface area contributed by atoms with Crippen molar-refractivity contribution in [2.75, 3.05) is 6.54 Å². The average Bonchev–Trinajstić information content (AvgIpc) is 2.08. The number of carboxylic acids is 1. The van der Waals surface area contributed by atoms with Crippen molar-refractivity contribution in [3.63, 3.8) is 0 Å². The van der Waals surface area contributed by atoms with Crippen LogP contribution in [0.15, 0.2) is 0 Å². The summed E-state index contributed by atoms with van der Waals surface area (Å²) in [4.78, 5) is 10.1. The normalized spacial score (nSPS) is 28.7. The van der Waals surface area contributed by atoms with Crippen molar-refractivity contribution in [3.8, 4) is 0 Å². The largest absolute Gasteiger partial charge is 0.481 e. The van der Waals surface area contributed by atoms with Gasteiger partial charge in [0.25, 0.3) is 5.92 Å². The fourth-order valence-corrected chi connectivity index (χ4v) is 1.15. The van der Waals surface area contributed by atoms with Gasteiger partial charge in [0.2, 0.25) is 0 Å². The molecule has 0 saturated carbocycles. The first-order valence-electron chi connectivity index (χ1n) is 3.33. The van der Waals surface area contributed by atoms with Crippen molar-refractivity contribution in [2.24, 2.45) is 0 Å². The summed E-state index contributed by atoms with van der Waals surface area (Å²) in [5.74, 6) is -3.76. The molecule has 11 heavy (non-hydrogen) atoms. The number of rotatable bonds is 2. The highest BCUT2D eigenvalue weighted by Gasteiger charge is 2.39. The highest BCUT2D eigenvalue weighted by atomic mass is 19.3. The van der Waals surface area contributed by atoms with Crippen LogP contribution in [-0.4, -0.2) is 29.6 Å². The number of carboxylic acid groups (broad SMARTS) is 1. The zero-order valence-electron chi connectivity index (χ0n) is 5.81.